The van der Waals surface area contributed by atoms with E-state index in [4.69, 9.17) is 9.47 Å². The molecule has 40 heavy (non-hydrogen) atoms. The van der Waals surface area contributed by atoms with Gasteiger partial charge in [-0.1, -0.05) is 13.8 Å². The molecule has 1 aliphatic rings. The van der Waals surface area contributed by atoms with Crippen molar-refractivity contribution < 1.29 is 33.4 Å². The number of aryl methyl sites for hydroxylation is 1. The maximum Gasteiger partial charge on any atom is 0.408 e. The molecule has 4 amide bonds. The zero-order chi connectivity index (χ0) is 30.4. The number of hydrogen-bond donors (Lipinski definition) is 3. The number of carbonyl (C=O) groups is 5. The Labute approximate surface area is 235 Å². The third-order valence-corrected chi connectivity index (χ3v) is 6.57. The van der Waals surface area contributed by atoms with Gasteiger partial charge >= 0.3 is 12.1 Å². The molecule has 13 heteroatoms. The maximum atomic E-state index is 13.7. The third kappa shape index (κ3) is 8.68. The van der Waals surface area contributed by atoms with E-state index >= 15 is 0 Å². The molecule has 0 saturated carbocycles. The maximum absolute atomic E-state index is 13.7. The summed E-state index contributed by atoms with van der Waals surface area (Å²) < 4.78 is 11.9. The van der Waals surface area contributed by atoms with Crippen LogP contribution in [0, 0.1) is 5.92 Å². The number of nitrogens with one attached hydrogen (secondary N) is 3. The van der Waals surface area contributed by atoms with Gasteiger partial charge in [0.1, 0.15) is 29.3 Å². The number of methoxy groups -OCH3 is 1. The molecule has 13 nitrogen and oxygen atoms in total. The summed E-state index contributed by atoms with van der Waals surface area (Å²) in [6, 6.07) is -2.75. The highest BCUT2D eigenvalue weighted by Crippen LogP contribution is 2.21. The van der Waals surface area contributed by atoms with Gasteiger partial charge in [-0.3, -0.25) is 14.4 Å². The largest absolute Gasteiger partial charge is 0.467 e. The van der Waals surface area contributed by atoms with Gasteiger partial charge in [0.25, 0.3) is 0 Å². The Hall–Kier alpha value is -3.64. The van der Waals surface area contributed by atoms with Crippen molar-refractivity contribution in [3.05, 3.63) is 18.2 Å². The van der Waals surface area contributed by atoms with Gasteiger partial charge in [0, 0.05) is 31.9 Å². The SMILES string of the molecule is COC(=O)[C@@H](NC(=O)C(C)(C)NC(=O)[C@H]1CCCN1C(=O)[C@H](Cc1cncn1C)NC(=O)OC(C)(C)C)C(C)C. The van der Waals surface area contributed by atoms with E-state index in [0.29, 0.717) is 25.1 Å². The lowest BCUT2D eigenvalue weighted by Crippen LogP contribution is -2.62. The Bertz CT molecular complexity index is 1090. The van der Waals surface area contributed by atoms with Gasteiger partial charge in [0.05, 0.1) is 13.4 Å². The average Bonchev–Trinajstić information content (AvgIpc) is 3.48. The Balaban J connectivity index is 2.20. The molecule has 0 radical (unpaired) electrons. The second-order valence-corrected chi connectivity index (χ2v) is 11.9. The molecule has 2 heterocycles. The molecule has 1 aliphatic heterocycles. The van der Waals surface area contributed by atoms with Crippen LogP contribution in [0.25, 0.3) is 0 Å². The smallest absolute Gasteiger partial charge is 0.408 e. The molecular weight excluding hydrogens is 520 g/mol. The fraction of sp³-hybridized carbons (Fsp3) is 0.704. The summed E-state index contributed by atoms with van der Waals surface area (Å²) in [5.41, 5.74) is -1.45. The molecule has 2 rings (SSSR count). The molecule has 0 bridgehead atoms. The second-order valence-electron chi connectivity index (χ2n) is 11.9. The zero-order valence-corrected chi connectivity index (χ0v) is 25.0. The van der Waals surface area contributed by atoms with Crippen molar-refractivity contribution in [3.63, 3.8) is 0 Å². The van der Waals surface area contributed by atoms with Crippen LogP contribution < -0.4 is 16.0 Å². The van der Waals surface area contributed by atoms with Gasteiger partial charge in [0.2, 0.25) is 17.7 Å². The van der Waals surface area contributed by atoms with E-state index in [2.05, 4.69) is 20.9 Å². The molecule has 0 unspecified atom stereocenters. The van der Waals surface area contributed by atoms with Gasteiger partial charge in [-0.25, -0.2) is 14.6 Å². The number of imidazole rings is 1. The van der Waals surface area contributed by atoms with Crippen LogP contribution in [0.4, 0.5) is 4.79 Å². The lowest BCUT2D eigenvalue weighted by molar-refractivity contribution is -0.147. The van der Waals surface area contributed by atoms with Gasteiger partial charge in [-0.2, -0.15) is 0 Å². The standard InChI is InChI=1S/C27H44N6O7/c1-16(2)20(23(36)39-9)30-24(37)27(6,7)31-21(34)19-11-10-12-33(19)22(35)18(13-17-14-28-15-32(17)8)29-25(38)40-26(3,4)5/h14-16,18-20H,10-13H2,1-9H3,(H,29,38)(H,30,37)(H,31,34)/t18-,19+,20-/m0/s1. The third-order valence-electron chi connectivity index (χ3n) is 6.57. The van der Waals surface area contributed by atoms with Crippen molar-refractivity contribution in [1.82, 2.24) is 30.4 Å². The molecule has 1 fully saturated rings. The van der Waals surface area contributed by atoms with Crippen molar-refractivity contribution in [2.45, 2.75) is 97.0 Å². The molecule has 0 aromatic carbocycles. The van der Waals surface area contributed by atoms with Crippen LogP contribution in [0.15, 0.2) is 12.5 Å². The monoisotopic (exact) mass is 564 g/mol. The van der Waals surface area contributed by atoms with Gasteiger partial charge in [-0.05, 0) is 53.4 Å². The van der Waals surface area contributed by atoms with Crippen LogP contribution in [-0.4, -0.2) is 87.2 Å². The van der Waals surface area contributed by atoms with Crippen LogP contribution in [0.2, 0.25) is 0 Å². The number of amides is 4. The first-order chi connectivity index (χ1) is 18.5. The summed E-state index contributed by atoms with van der Waals surface area (Å²) in [6.45, 7) is 12.0. The summed E-state index contributed by atoms with van der Waals surface area (Å²) in [5.74, 6) is -2.35. The Morgan fingerprint density at radius 2 is 1.75 bits per heavy atom. The predicted molar refractivity (Wildman–Crippen MR) is 146 cm³/mol. The van der Waals surface area contributed by atoms with Gasteiger partial charge < -0.3 is 34.9 Å². The summed E-state index contributed by atoms with van der Waals surface area (Å²) >= 11 is 0. The topological polar surface area (TPSA) is 161 Å². The number of likely N-dealkylation sites (tertiary alicyclic amines) is 1. The van der Waals surface area contributed by atoms with E-state index in [-0.39, 0.29) is 12.3 Å². The van der Waals surface area contributed by atoms with Crippen molar-refractivity contribution in [2.75, 3.05) is 13.7 Å². The van der Waals surface area contributed by atoms with Gasteiger partial charge in [0.15, 0.2) is 0 Å². The van der Waals surface area contributed by atoms with E-state index < -0.39 is 59.0 Å². The number of alkyl carbamates (subject to hydrolysis) is 1. The van der Waals surface area contributed by atoms with E-state index in [9.17, 15) is 24.0 Å². The highest BCUT2D eigenvalue weighted by atomic mass is 16.6. The minimum absolute atomic E-state index is 0.136. The fourth-order valence-electron chi connectivity index (χ4n) is 4.34. The van der Waals surface area contributed by atoms with E-state index in [1.165, 1.54) is 25.9 Å². The predicted octanol–water partition coefficient (Wildman–Crippen LogP) is 1.06. The molecule has 3 N–H and O–H groups in total. The number of nitrogens with zero attached hydrogens (tertiary/aromatic N) is 3. The highest BCUT2D eigenvalue weighted by Gasteiger charge is 2.41. The quantitative estimate of drug-likeness (QED) is 0.356. The number of esters is 1. The first-order valence-corrected chi connectivity index (χ1v) is 13.4. The van der Waals surface area contributed by atoms with Crippen molar-refractivity contribution >= 4 is 29.8 Å². The second kappa shape index (κ2) is 13.1. The molecular formula is C27H44N6O7. The van der Waals surface area contributed by atoms with E-state index in [0.717, 1.165) is 0 Å². The molecule has 0 spiro atoms. The summed E-state index contributed by atoms with van der Waals surface area (Å²) in [4.78, 5) is 70.4. The fourth-order valence-corrected chi connectivity index (χ4v) is 4.34. The molecule has 224 valence electrons. The number of aromatic nitrogens is 2. The van der Waals surface area contributed by atoms with Crippen LogP contribution in [0.3, 0.4) is 0 Å². The van der Waals surface area contributed by atoms with Crippen LogP contribution >= 0.6 is 0 Å². The van der Waals surface area contributed by atoms with Crippen molar-refractivity contribution in [1.29, 1.82) is 0 Å². The minimum atomic E-state index is -1.39. The van der Waals surface area contributed by atoms with Crippen LogP contribution in [0.5, 0.6) is 0 Å². The number of hydrogen-bond acceptors (Lipinski definition) is 8. The first-order valence-electron chi connectivity index (χ1n) is 13.4. The Morgan fingerprint density at radius 3 is 2.27 bits per heavy atom. The lowest BCUT2D eigenvalue weighted by Gasteiger charge is -2.33. The highest BCUT2D eigenvalue weighted by molar-refractivity contribution is 5.96. The molecule has 1 aromatic heterocycles. The number of rotatable bonds is 10. The number of carbonyl (C=O) groups excluding carboxylic acids is 5. The first kappa shape index (κ1) is 32.6. The normalized spacial score (nSPS) is 17.1. The summed E-state index contributed by atoms with van der Waals surface area (Å²) in [6.07, 6.45) is 3.53. The summed E-state index contributed by atoms with van der Waals surface area (Å²) in [7, 11) is 3.02. The van der Waals surface area contributed by atoms with Crippen LogP contribution in [0.1, 0.15) is 67.0 Å². The van der Waals surface area contributed by atoms with Gasteiger partial charge in [-0.15, -0.1) is 0 Å². The molecule has 0 aliphatic carbocycles. The Morgan fingerprint density at radius 1 is 1.10 bits per heavy atom. The lowest BCUT2D eigenvalue weighted by atomic mass is 9.99. The van der Waals surface area contributed by atoms with Crippen molar-refractivity contribution in [3.8, 4) is 0 Å². The molecule has 1 saturated heterocycles. The van der Waals surface area contributed by atoms with Crippen LogP contribution in [-0.2, 0) is 42.1 Å². The summed E-state index contributed by atoms with van der Waals surface area (Å²) in [5, 5.41) is 8.03. The molecule has 1 aromatic rings. The van der Waals surface area contributed by atoms with E-state index in [1.807, 2.05) is 0 Å². The number of ether oxygens (including phenoxy) is 2. The zero-order valence-electron chi connectivity index (χ0n) is 25.0. The molecule has 3 atom stereocenters. The minimum Gasteiger partial charge on any atom is -0.467 e. The Kier molecular flexibility index (Phi) is 10.7. The average molecular weight is 565 g/mol. The van der Waals surface area contributed by atoms with Crippen molar-refractivity contribution in [2.24, 2.45) is 13.0 Å². The van der Waals surface area contributed by atoms with E-state index in [1.54, 1.807) is 58.8 Å².